The highest BCUT2D eigenvalue weighted by Gasteiger charge is 2.52. The molecule has 14 heavy (non-hydrogen) atoms. The van der Waals surface area contributed by atoms with Crippen LogP contribution in [0.25, 0.3) is 0 Å². The molecule has 1 aliphatic heterocycles. The Morgan fingerprint density at radius 2 is 2.07 bits per heavy atom. The van der Waals surface area contributed by atoms with E-state index in [1.54, 1.807) is 0 Å². The molecule has 2 N–H and O–H groups in total. The van der Waals surface area contributed by atoms with Gasteiger partial charge in [0.25, 0.3) is 0 Å². The van der Waals surface area contributed by atoms with Crippen LogP contribution in [-0.4, -0.2) is 42.8 Å². The summed E-state index contributed by atoms with van der Waals surface area (Å²) in [5.41, 5.74) is 6.21. The molecule has 82 valence electrons. The standard InChI is InChI=1S/C11H22N2O/c1-3-13(4-2)10-9(12)8-6-5-7-14-11(8)10/h8-11H,3-7,12H2,1-2H3. The highest BCUT2D eigenvalue weighted by atomic mass is 16.5. The Bertz CT molecular complexity index is 194. The van der Waals surface area contributed by atoms with E-state index in [1.807, 2.05) is 0 Å². The Morgan fingerprint density at radius 3 is 2.71 bits per heavy atom. The average Bonchev–Trinajstić information content (AvgIpc) is 2.25. The van der Waals surface area contributed by atoms with Gasteiger partial charge in [0.15, 0.2) is 0 Å². The molecule has 0 bridgehead atoms. The molecule has 0 aromatic rings. The largest absolute Gasteiger partial charge is 0.376 e. The Morgan fingerprint density at radius 1 is 1.36 bits per heavy atom. The van der Waals surface area contributed by atoms with Crippen LogP contribution in [0.4, 0.5) is 0 Å². The van der Waals surface area contributed by atoms with Gasteiger partial charge in [0, 0.05) is 18.6 Å². The summed E-state index contributed by atoms with van der Waals surface area (Å²) in [6.45, 7) is 7.51. The lowest BCUT2D eigenvalue weighted by Gasteiger charge is -2.56. The number of fused-ring (bicyclic) bond motifs is 1. The monoisotopic (exact) mass is 198 g/mol. The summed E-state index contributed by atoms with van der Waals surface area (Å²) in [5.74, 6) is 0.634. The minimum absolute atomic E-state index is 0.347. The molecule has 0 radical (unpaired) electrons. The Kier molecular flexibility index (Phi) is 3.10. The second-order valence-corrected chi connectivity index (χ2v) is 4.43. The zero-order valence-electron chi connectivity index (χ0n) is 9.28. The van der Waals surface area contributed by atoms with Gasteiger partial charge < -0.3 is 10.5 Å². The highest BCUT2D eigenvalue weighted by Crippen LogP contribution is 2.39. The predicted octanol–water partition coefficient (Wildman–Crippen LogP) is 0.833. The molecule has 4 atom stereocenters. The number of nitrogens with zero attached hydrogens (tertiary/aromatic N) is 1. The molecule has 0 spiro atoms. The van der Waals surface area contributed by atoms with E-state index < -0.39 is 0 Å². The number of nitrogens with two attached hydrogens (primary N) is 1. The molecule has 4 unspecified atom stereocenters. The molecule has 2 rings (SSSR count). The summed E-state index contributed by atoms with van der Waals surface area (Å²) in [5, 5.41) is 0. The van der Waals surface area contributed by atoms with Gasteiger partial charge in [0.2, 0.25) is 0 Å². The molecule has 0 aromatic carbocycles. The van der Waals surface area contributed by atoms with Gasteiger partial charge in [-0.05, 0) is 25.9 Å². The molecule has 1 aliphatic carbocycles. The molecule has 1 heterocycles. The summed E-state index contributed by atoms with van der Waals surface area (Å²) >= 11 is 0. The van der Waals surface area contributed by atoms with Gasteiger partial charge in [-0.25, -0.2) is 0 Å². The van der Waals surface area contributed by atoms with Gasteiger partial charge >= 0.3 is 0 Å². The van der Waals surface area contributed by atoms with E-state index in [-0.39, 0.29) is 0 Å². The Balaban J connectivity index is 1.99. The first-order valence-electron chi connectivity index (χ1n) is 5.90. The van der Waals surface area contributed by atoms with E-state index in [2.05, 4.69) is 18.7 Å². The van der Waals surface area contributed by atoms with Crippen LogP contribution in [0.2, 0.25) is 0 Å². The fraction of sp³-hybridized carbons (Fsp3) is 1.00. The van der Waals surface area contributed by atoms with E-state index in [9.17, 15) is 0 Å². The smallest absolute Gasteiger partial charge is 0.0788 e. The third-order valence-electron chi connectivity index (χ3n) is 3.87. The maximum atomic E-state index is 6.21. The fourth-order valence-corrected chi connectivity index (χ4v) is 3.01. The van der Waals surface area contributed by atoms with Crippen LogP contribution in [-0.2, 0) is 4.74 Å². The first-order valence-corrected chi connectivity index (χ1v) is 5.90. The average molecular weight is 198 g/mol. The van der Waals surface area contributed by atoms with Crippen molar-refractivity contribution < 1.29 is 4.74 Å². The lowest BCUT2D eigenvalue weighted by atomic mass is 9.68. The van der Waals surface area contributed by atoms with Crippen molar-refractivity contribution in [3.05, 3.63) is 0 Å². The molecular weight excluding hydrogens is 176 g/mol. The first kappa shape index (κ1) is 10.4. The van der Waals surface area contributed by atoms with E-state index in [4.69, 9.17) is 10.5 Å². The van der Waals surface area contributed by atoms with E-state index in [0.717, 1.165) is 19.7 Å². The maximum absolute atomic E-state index is 6.21. The van der Waals surface area contributed by atoms with Crippen LogP contribution in [0.3, 0.4) is 0 Å². The Hall–Kier alpha value is -0.120. The van der Waals surface area contributed by atoms with Crippen LogP contribution in [0.15, 0.2) is 0 Å². The SMILES string of the molecule is CCN(CC)C1C(N)C2CCCOC21. The van der Waals surface area contributed by atoms with E-state index >= 15 is 0 Å². The summed E-state index contributed by atoms with van der Waals surface area (Å²) in [7, 11) is 0. The van der Waals surface area contributed by atoms with E-state index in [0.29, 0.717) is 24.1 Å². The number of hydrogen-bond donors (Lipinski definition) is 1. The van der Waals surface area contributed by atoms with Crippen molar-refractivity contribution in [2.75, 3.05) is 19.7 Å². The maximum Gasteiger partial charge on any atom is 0.0788 e. The number of rotatable bonds is 3. The topological polar surface area (TPSA) is 38.5 Å². The quantitative estimate of drug-likeness (QED) is 0.730. The zero-order valence-corrected chi connectivity index (χ0v) is 9.28. The molecule has 1 saturated carbocycles. The van der Waals surface area contributed by atoms with Crippen molar-refractivity contribution in [1.29, 1.82) is 0 Å². The molecule has 2 aliphatic rings. The third kappa shape index (κ3) is 1.47. The van der Waals surface area contributed by atoms with Gasteiger partial charge in [0.1, 0.15) is 0 Å². The van der Waals surface area contributed by atoms with Crippen molar-refractivity contribution in [1.82, 2.24) is 4.90 Å². The van der Waals surface area contributed by atoms with Crippen molar-refractivity contribution in [2.45, 2.75) is 44.9 Å². The number of ether oxygens (including phenoxy) is 1. The molecule has 2 fully saturated rings. The molecule has 0 aromatic heterocycles. The van der Waals surface area contributed by atoms with Crippen molar-refractivity contribution >= 4 is 0 Å². The van der Waals surface area contributed by atoms with Gasteiger partial charge in [-0.1, -0.05) is 13.8 Å². The van der Waals surface area contributed by atoms with Gasteiger partial charge in [-0.2, -0.15) is 0 Å². The molecule has 3 nitrogen and oxygen atoms in total. The van der Waals surface area contributed by atoms with Crippen LogP contribution in [0.5, 0.6) is 0 Å². The predicted molar refractivity (Wildman–Crippen MR) is 57.1 cm³/mol. The normalized spacial score (nSPS) is 42.0. The van der Waals surface area contributed by atoms with Crippen LogP contribution < -0.4 is 5.73 Å². The lowest BCUT2D eigenvalue weighted by Crippen LogP contribution is -2.71. The number of hydrogen-bond acceptors (Lipinski definition) is 3. The van der Waals surface area contributed by atoms with Crippen LogP contribution in [0.1, 0.15) is 26.7 Å². The summed E-state index contributed by atoms with van der Waals surface area (Å²) in [4.78, 5) is 2.44. The fourth-order valence-electron chi connectivity index (χ4n) is 3.01. The summed E-state index contributed by atoms with van der Waals surface area (Å²) in [6.07, 6.45) is 2.89. The van der Waals surface area contributed by atoms with Crippen molar-refractivity contribution in [2.24, 2.45) is 11.7 Å². The van der Waals surface area contributed by atoms with Crippen molar-refractivity contribution in [3.8, 4) is 0 Å². The summed E-state index contributed by atoms with van der Waals surface area (Å²) in [6, 6.07) is 0.829. The first-order chi connectivity index (χ1) is 6.79. The molecule has 1 saturated heterocycles. The second-order valence-electron chi connectivity index (χ2n) is 4.43. The zero-order chi connectivity index (χ0) is 10.1. The minimum Gasteiger partial charge on any atom is -0.376 e. The van der Waals surface area contributed by atoms with E-state index in [1.165, 1.54) is 12.8 Å². The lowest BCUT2D eigenvalue weighted by molar-refractivity contribution is -0.153. The second kappa shape index (κ2) is 4.17. The summed E-state index contributed by atoms with van der Waals surface area (Å²) < 4.78 is 5.82. The molecular formula is C11H22N2O. The van der Waals surface area contributed by atoms with Crippen molar-refractivity contribution in [3.63, 3.8) is 0 Å². The van der Waals surface area contributed by atoms with Crippen LogP contribution in [0, 0.1) is 5.92 Å². The third-order valence-corrected chi connectivity index (χ3v) is 3.87. The van der Waals surface area contributed by atoms with Crippen LogP contribution >= 0.6 is 0 Å². The van der Waals surface area contributed by atoms with Gasteiger partial charge in [0.05, 0.1) is 12.1 Å². The Labute approximate surface area is 86.6 Å². The minimum atomic E-state index is 0.347. The van der Waals surface area contributed by atoms with Gasteiger partial charge in [-0.3, -0.25) is 4.90 Å². The highest BCUT2D eigenvalue weighted by molar-refractivity contribution is 5.08. The van der Waals surface area contributed by atoms with Gasteiger partial charge in [-0.15, -0.1) is 0 Å². The molecule has 3 heteroatoms. The number of likely N-dealkylation sites (N-methyl/N-ethyl adjacent to an activating group) is 1. The molecule has 0 amide bonds.